The van der Waals surface area contributed by atoms with E-state index in [0.29, 0.717) is 0 Å². The van der Waals surface area contributed by atoms with Gasteiger partial charge in [0.25, 0.3) is 0 Å². The first kappa shape index (κ1) is 31.5. The summed E-state index contributed by atoms with van der Waals surface area (Å²) in [4.78, 5) is 0. The SMILES string of the molecule is CCCCCCCCCCC[n+]1ccc(CCCc2cc[n+](CCCCCCCCCCC)cc2)cc1. The number of aryl methyl sites for hydroxylation is 4. The number of nitrogens with zero attached hydrogens (tertiary/aromatic N) is 2. The Morgan fingerprint density at radius 3 is 1.00 bits per heavy atom. The number of rotatable bonds is 24. The average molecular weight is 509 g/mol. The van der Waals surface area contributed by atoms with Crippen LogP contribution >= 0.6 is 0 Å². The topological polar surface area (TPSA) is 7.76 Å². The average Bonchev–Trinajstić information content (AvgIpc) is 2.93. The van der Waals surface area contributed by atoms with E-state index in [-0.39, 0.29) is 0 Å². The Morgan fingerprint density at radius 2 is 0.676 bits per heavy atom. The van der Waals surface area contributed by atoms with Gasteiger partial charge in [-0.3, -0.25) is 0 Å². The quantitative estimate of drug-likeness (QED) is 0.0985. The summed E-state index contributed by atoms with van der Waals surface area (Å²) >= 11 is 0. The number of unbranched alkanes of at least 4 members (excludes halogenated alkanes) is 16. The van der Waals surface area contributed by atoms with E-state index in [1.54, 1.807) is 0 Å². The number of hydrogen-bond donors (Lipinski definition) is 0. The lowest BCUT2D eigenvalue weighted by Gasteiger charge is -2.04. The van der Waals surface area contributed by atoms with E-state index in [2.05, 4.69) is 72.0 Å². The van der Waals surface area contributed by atoms with Crippen molar-refractivity contribution in [1.29, 1.82) is 0 Å². The second-order valence-electron chi connectivity index (χ2n) is 11.4. The Balaban J connectivity index is 1.49. The molecule has 0 aliphatic heterocycles. The van der Waals surface area contributed by atoms with Crippen molar-refractivity contribution < 1.29 is 9.13 Å². The molecule has 0 amide bonds. The Bertz CT molecular complexity index is 684. The summed E-state index contributed by atoms with van der Waals surface area (Å²) in [5.41, 5.74) is 2.94. The van der Waals surface area contributed by atoms with E-state index in [1.807, 2.05) is 0 Å². The van der Waals surface area contributed by atoms with Crippen LogP contribution in [0.1, 0.15) is 147 Å². The van der Waals surface area contributed by atoms with Crippen molar-refractivity contribution in [3.05, 3.63) is 60.2 Å². The summed E-state index contributed by atoms with van der Waals surface area (Å²) < 4.78 is 4.74. The third-order valence-corrected chi connectivity index (χ3v) is 7.89. The second-order valence-corrected chi connectivity index (χ2v) is 11.4. The van der Waals surface area contributed by atoms with Gasteiger partial charge in [-0.25, -0.2) is 9.13 Å². The Kier molecular flexibility index (Phi) is 19.0. The number of hydrogen-bond acceptors (Lipinski definition) is 0. The first-order chi connectivity index (χ1) is 18.3. The number of pyridine rings is 2. The van der Waals surface area contributed by atoms with Gasteiger partial charge in [0.2, 0.25) is 0 Å². The number of aromatic nitrogens is 2. The van der Waals surface area contributed by atoms with Crippen LogP contribution in [0, 0.1) is 0 Å². The molecule has 37 heavy (non-hydrogen) atoms. The van der Waals surface area contributed by atoms with Gasteiger partial charge in [-0.1, -0.05) is 104 Å². The van der Waals surface area contributed by atoms with Crippen LogP contribution in [0.2, 0.25) is 0 Å². The monoisotopic (exact) mass is 508 g/mol. The first-order valence-corrected chi connectivity index (χ1v) is 16.3. The van der Waals surface area contributed by atoms with Crippen LogP contribution in [0.15, 0.2) is 49.1 Å². The molecule has 0 saturated carbocycles. The summed E-state index contributed by atoms with van der Waals surface area (Å²) in [6.45, 7) is 6.92. The van der Waals surface area contributed by atoms with Crippen molar-refractivity contribution in [3.63, 3.8) is 0 Å². The van der Waals surface area contributed by atoms with Crippen molar-refractivity contribution in [2.45, 2.75) is 162 Å². The normalized spacial score (nSPS) is 11.3. The zero-order chi connectivity index (χ0) is 26.2. The second kappa shape index (κ2) is 22.3. The van der Waals surface area contributed by atoms with Crippen LogP contribution < -0.4 is 9.13 Å². The van der Waals surface area contributed by atoms with Crippen LogP contribution in [0.5, 0.6) is 0 Å². The minimum absolute atomic E-state index is 1.17. The lowest BCUT2D eigenvalue weighted by molar-refractivity contribution is -0.697. The summed E-state index contributed by atoms with van der Waals surface area (Å²) in [6, 6.07) is 9.32. The summed E-state index contributed by atoms with van der Waals surface area (Å²) in [5.74, 6) is 0. The highest BCUT2D eigenvalue weighted by atomic mass is 14.9. The van der Waals surface area contributed by atoms with Gasteiger partial charge in [0.15, 0.2) is 24.8 Å². The molecule has 0 atom stereocenters. The van der Waals surface area contributed by atoms with E-state index < -0.39 is 0 Å². The van der Waals surface area contributed by atoms with Gasteiger partial charge in [0.05, 0.1) is 0 Å². The summed E-state index contributed by atoms with van der Waals surface area (Å²) in [7, 11) is 0. The van der Waals surface area contributed by atoms with Gasteiger partial charge in [0, 0.05) is 37.1 Å². The van der Waals surface area contributed by atoms with E-state index in [9.17, 15) is 0 Å². The minimum atomic E-state index is 1.17. The maximum atomic E-state index is 2.37. The van der Waals surface area contributed by atoms with Crippen molar-refractivity contribution in [2.75, 3.05) is 0 Å². The zero-order valence-electron chi connectivity index (χ0n) is 24.8. The smallest absolute Gasteiger partial charge is 0.169 e. The summed E-state index contributed by atoms with van der Waals surface area (Å²) in [5, 5.41) is 0. The third kappa shape index (κ3) is 16.7. The molecular weight excluding hydrogens is 448 g/mol. The van der Waals surface area contributed by atoms with Crippen molar-refractivity contribution in [2.24, 2.45) is 0 Å². The predicted octanol–water partition coefficient (Wildman–Crippen LogP) is 9.50. The van der Waals surface area contributed by atoms with Gasteiger partial charge >= 0.3 is 0 Å². The molecule has 0 aromatic carbocycles. The van der Waals surface area contributed by atoms with Gasteiger partial charge in [-0.05, 0) is 43.2 Å². The molecule has 2 heterocycles. The fraction of sp³-hybridized carbons (Fsp3) is 0.714. The largest absolute Gasteiger partial charge is 0.205 e. The molecule has 2 aromatic heterocycles. The van der Waals surface area contributed by atoms with Crippen LogP contribution in [-0.4, -0.2) is 0 Å². The molecule has 0 aliphatic rings. The van der Waals surface area contributed by atoms with Gasteiger partial charge in [-0.2, -0.15) is 0 Å². The van der Waals surface area contributed by atoms with Crippen LogP contribution in [0.4, 0.5) is 0 Å². The molecule has 0 bridgehead atoms. The Hall–Kier alpha value is -1.70. The first-order valence-electron chi connectivity index (χ1n) is 16.3. The molecule has 2 nitrogen and oxygen atoms in total. The van der Waals surface area contributed by atoms with Gasteiger partial charge < -0.3 is 0 Å². The van der Waals surface area contributed by atoms with E-state index >= 15 is 0 Å². The van der Waals surface area contributed by atoms with Crippen molar-refractivity contribution in [1.82, 2.24) is 0 Å². The highest BCUT2D eigenvalue weighted by Crippen LogP contribution is 2.11. The fourth-order valence-corrected chi connectivity index (χ4v) is 5.31. The molecule has 0 spiro atoms. The van der Waals surface area contributed by atoms with E-state index in [0.717, 1.165) is 0 Å². The predicted molar refractivity (Wildman–Crippen MR) is 160 cm³/mol. The Labute approximate surface area is 230 Å². The standard InChI is InChI=1S/C35H60N2/c1-3-5-7-9-11-13-15-17-19-28-36-30-24-34(25-31-36)22-21-23-35-26-32-37(33-27-35)29-20-18-16-14-12-10-8-6-4-2/h24-27,30-33H,3-23,28-29H2,1-2H3/q+2. The Morgan fingerprint density at radius 1 is 0.378 bits per heavy atom. The minimum Gasteiger partial charge on any atom is -0.205 e. The molecule has 2 heteroatoms. The molecular formula is C35H60N2+2. The molecule has 208 valence electrons. The highest BCUT2D eigenvalue weighted by molar-refractivity contribution is 5.10. The van der Waals surface area contributed by atoms with Gasteiger partial charge in [0.1, 0.15) is 13.1 Å². The third-order valence-electron chi connectivity index (χ3n) is 7.89. The van der Waals surface area contributed by atoms with Gasteiger partial charge in [-0.15, -0.1) is 0 Å². The van der Waals surface area contributed by atoms with Crippen LogP contribution in [-0.2, 0) is 25.9 Å². The van der Waals surface area contributed by atoms with Crippen LogP contribution in [0.3, 0.4) is 0 Å². The molecule has 0 radical (unpaired) electrons. The molecule has 0 fully saturated rings. The molecule has 0 aliphatic carbocycles. The molecule has 0 saturated heterocycles. The maximum Gasteiger partial charge on any atom is 0.169 e. The lowest BCUT2D eigenvalue weighted by Crippen LogP contribution is -2.32. The highest BCUT2D eigenvalue weighted by Gasteiger charge is 2.04. The zero-order valence-corrected chi connectivity index (χ0v) is 24.8. The van der Waals surface area contributed by atoms with Crippen molar-refractivity contribution in [3.8, 4) is 0 Å². The maximum absolute atomic E-state index is 2.37. The molecule has 0 N–H and O–H groups in total. The fourth-order valence-electron chi connectivity index (χ4n) is 5.31. The van der Waals surface area contributed by atoms with E-state index in [1.165, 1.54) is 159 Å². The molecule has 0 unspecified atom stereocenters. The lowest BCUT2D eigenvalue weighted by atomic mass is 10.1. The van der Waals surface area contributed by atoms with Crippen LogP contribution in [0.25, 0.3) is 0 Å². The molecule has 2 rings (SSSR count). The summed E-state index contributed by atoms with van der Waals surface area (Å²) in [6.07, 6.45) is 37.9. The molecule has 2 aromatic rings. The van der Waals surface area contributed by atoms with Crippen molar-refractivity contribution >= 4 is 0 Å². The van der Waals surface area contributed by atoms with E-state index in [4.69, 9.17) is 0 Å².